The first kappa shape index (κ1) is 13.0. The summed E-state index contributed by atoms with van der Waals surface area (Å²) in [7, 11) is 0. The topological polar surface area (TPSA) is 70.1 Å². The lowest BCUT2D eigenvalue weighted by Gasteiger charge is -2.18. The first-order valence-electron chi connectivity index (χ1n) is 5.15. The van der Waals surface area contributed by atoms with Crippen LogP contribution in [0.3, 0.4) is 0 Å². The molecule has 90 valence electrons. The number of halogens is 1. The van der Waals surface area contributed by atoms with Gasteiger partial charge in [-0.25, -0.2) is 4.98 Å². The summed E-state index contributed by atoms with van der Waals surface area (Å²) in [5.41, 5.74) is -0.813. The maximum atomic E-state index is 9.58. The fourth-order valence-corrected chi connectivity index (χ4v) is 1.19. The highest BCUT2D eigenvalue weighted by Gasteiger charge is 2.13. The van der Waals surface area contributed by atoms with Gasteiger partial charge in [0, 0.05) is 13.1 Å². The zero-order chi connectivity index (χ0) is 12.2. The molecule has 0 saturated heterocycles. The van der Waals surface area contributed by atoms with Crippen LogP contribution in [0.25, 0.3) is 0 Å². The van der Waals surface area contributed by atoms with Crippen molar-refractivity contribution >= 4 is 23.4 Å². The van der Waals surface area contributed by atoms with Crippen LogP contribution in [0.5, 0.6) is 0 Å². The Morgan fingerprint density at radius 3 is 2.69 bits per heavy atom. The summed E-state index contributed by atoms with van der Waals surface area (Å²) in [5, 5.41) is 16.0. The van der Waals surface area contributed by atoms with Crippen LogP contribution >= 0.6 is 11.6 Å². The van der Waals surface area contributed by atoms with Crippen molar-refractivity contribution in [3.05, 3.63) is 11.2 Å². The second-order valence-electron chi connectivity index (χ2n) is 4.09. The van der Waals surface area contributed by atoms with Gasteiger partial charge in [-0.2, -0.15) is 4.98 Å². The Kier molecular flexibility index (Phi) is 4.32. The maximum absolute atomic E-state index is 9.58. The molecule has 3 N–H and O–H groups in total. The van der Waals surface area contributed by atoms with E-state index in [-0.39, 0.29) is 0 Å². The Bertz CT molecular complexity index is 351. The van der Waals surface area contributed by atoms with Crippen molar-refractivity contribution < 1.29 is 5.11 Å². The van der Waals surface area contributed by atoms with Crippen LogP contribution in [0.2, 0.25) is 5.02 Å². The maximum Gasteiger partial charge on any atom is 0.224 e. The fraction of sp³-hybridized carbons (Fsp3) is 0.600. The standard InChI is InChI=1S/C10H17ClN4O/c1-4-12-9-13-5-7(11)8(15-9)14-6-10(2,3)16/h5,16H,4,6H2,1-3H3,(H2,12,13,14,15). The van der Waals surface area contributed by atoms with Crippen LogP contribution in [-0.4, -0.2) is 33.8 Å². The molecule has 0 radical (unpaired) electrons. The zero-order valence-corrected chi connectivity index (χ0v) is 10.5. The van der Waals surface area contributed by atoms with Crippen LogP contribution < -0.4 is 10.6 Å². The molecule has 0 amide bonds. The summed E-state index contributed by atoms with van der Waals surface area (Å²) in [6.45, 7) is 6.49. The van der Waals surface area contributed by atoms with E-state index in [1.54, 1.807) is 13.8 Å². The minimum Gasteiger partial charge on any atom is -0.389 e. The van der Waals surface area contributed by atoms with Gasteiger partial charge >= 0.3 is 0 Å². The minimum absolute atomic E-state index is 0.370. The summed E-state index contributed by atoms with van der Waals surface area (Å²) >= 11 is 5.93. The van der Waals surface area contributed by atoms with Crippen molar-refractivity contribution in [2.45, 2.75) is 26.4 Å². The van der Waals surface area contributed by atoms with Gasteiger partial charge in [-0.15, -0.1) is 0 Å². The molecule has 0 saturated carbocycles. The fourth-order valence-electron chi connectivity index (χ4n) is 1.03. The monoisotopic (exact) mass is 244 g/mol. The van der Waals surface area contributed by atoms with Crippen molar-refractivity contribution in [1.29, 1.82) is 0 Å². The molecule has 16 heavy (non-hydrogen) atoms. The molecule has 1 rings (SSSR count). The second-order valence-corrected chi connectivity index (χ2v) is 4.49. The molecule has 0 aromatic carbocycles. The molecule has 6 heteroatoms. The summed E-state index contributed by atoms with van der Waals surface area (Å²) < 4.78 is 0. The van der Waals surface area contributed by atoms with Gasteiger partial charge in [0.05, 0.1) is 11.8 Å². The summed E-state index contributed by atoms with van der Waals surface area (Å²) in [6, 6.07) is 0. The molecule has 0 atom stereocenters. The van der Waals surface area contributed by atoms with Gasteiger partial charge in [-0.3, -0.25) is 0 Å². The third-order valence-corrected chi connectivity index (χ3v) is 2.04. The number of rotatable bonds is 5. The van der Waals surface area contributed by atoms with Gasteiger partial charge in [0.15, 0.2) is 5.82 Å². The Labute approximate surface area is 100 Å². The minimum atomic E-state index is -0.813. The average Bonchev–Trinajstić information content (AvgIpc) is 2.18. The number of nitrogens with zero attached hydrogens (tertiary/aromatic N) is 2. The highest BCUT2D eigenvalue weighted by Crippen LogP contribution is 2.19. The molecule has 5 nitrogen and oxygen atoms in total. The number of hydrogen-bond donors (Lipinski definition) is 3. The lowest BCUT2D eigenvalue weighted by atomic mass is 10.1. The van der Waals surface area contributed by atoms with Crippen molar-refractivity contribution in [2.24, 2.45) is 0 Å². The third kappa shape index (κ3) is 4.20. The SMILES string of the molecule is CCNc1ncc(Cl)c(NCC(C)(C)O)n1. The predicted molar refractivity (Wildman–Crippen MR) is 66.0 cm³/mol. The molecule has 1 aromatic rings. The van der Waals surface area contributed by atoms with E-state index in [0.29, 0.717) is 23.3 Å². The van der Waals surface area contributed by atoms with Crippen LogP contribution in [0.15, 0.2) is 6.20 Å². The number of nitrogens with one attached hydrogen (secondary N) is 2. The van der Waals surface area contributed by atoms with Gasteiger partial charge in [-0.05, 0) is 20.8 Å². The van der Waals surface area contributed by atoms with Gasteiger partial charge in [0.1, 0.15) is 5.02 Å². The smallest absolute Gasteiger partial charge is 0.224 e. The highest BCUT2D eigenvalue weighted by atomic mass is 35.5. The molecule has 1 heterocycles. The van der Waals surface area contributed by atoms with Gasteiger partial charge in [-0.1, -0.05) is 11.6 Å². The molecule has 0 fully saturated rings. The summed E-state index contributed by atoms with van der Waals surface area (Å²) in [4.78, 5) is 8.21. The molecule has 0 bridgehead atoms. The molecule has 0 unspecified atom stereocenters. The second kappa shape index (κ2) is 5.32. The van der Waals surface area contributed by atoms with E-state index in [2.05, 4.69) is 20.6 Å². The highest BCUT2D eigenvalue weighted by molar-refractivity contribution is 6.32. The van der Waals surface area contributed by atoms with Crippen LogP contribution in [0.4, 0.5) is 11.8 Å². The summed E-state index contributed by atoms with van der Waals surface area (Å²) in [5.74, 6) is 1.04. The van der Waals surface area contributed by atoms with Gasteiger partial charge in [0.25, 0.3) is 0 Å². The average molecular weight is 245 g/mol. The molecule has 0 aliphatic heterocycles. The van der Waals surface area contributed by atoms with E-state index in [0.717, 1.165) is 6.54 Å². The Balaban J connectivity index is 2.74. The number of aromatic nitrogens is 2. The Hall–Kier alpha value is -1.07. The molecule has 0 aliphatic carbocycles. The number of anilines is 2. The lowest BCUT2D eigenvalue weighted by molar-refractivity contribution is 0.0944. The Morgan fingerprint density at radius 2 is 2.12 bits per heavy atom. The predicted octanol–water partition coefficient (Wildman–Crippen LogP) is 1.74. The molecule has 0 spiro atoms. The normalized spacial score (nSPS) is 11.3. The van der Waals surface area contributed by atoms with Crippen molar-refractivity contribution in [2.75, 3.05) is 23.7 Å². The Morgan fingerprint density at radius 1 is 1.44 bits per heavy atom. The van der Waals surface area contributed by atoms with E-state index in [9.17, 15) is 5.11 Å². The van der Waals surface area contributed by atoms with Crippen molar-refractivity contribution in [3.63, 3.8) is 0 Å². The molecular weight excluding hydrogens is 228 g/mol. The molecular formula is C10H17ClN4O. The zero-order valence-electron chi connectivity index (χ0n) is 9.71. The lowest BCUT2D eigenvalue weighted by Crippen LogP contribution is -2.29. The first-order chi connectivity index (χ1) is 7.42. The quantitative estimate of drug-likeness (QED) is 0.736. The van der Waals surface area contributed by atoms with E-state index in [1.807, 2.05) is 6.92 Å². The number of aliphatic hydroxyl groups is 1. The largest absolute Gasteiger partial charge is 0.389 e. The van der Waals surface area contributed by atoms with Crippen LogP contribution in [-0.2, 0) is 0 Å². The van der Waals surface area contributed by atoms with Gasteiger partial charge < -0.3 is 15.7 Å². The van der Waals surface area contributed by atoms with E-state index in [1.165, 1.54) is 6.20 Å². The van der Waals surface area contributed by atoms with Crippen molar-refractivity contribution in [1.82, 2.24) is 9.97 Å². The van der Waals surface area contributed by atoms with E-state index >= 15 is 0 Å². The van der Waals surface area contributed by atoms with Gasteiger partial charge in [0.2, 0.25) is 5.95 Å². The van der Waals surface area contributed by atoms with Crippen molar-refractivity contribution in [3.8, 4) is 0 Å². The van der Waals surface area contributed by atoms with Crippen LogP contribution in [0.1, 0.15) is 20.8 Å². The summed E-state index contributed by atoms with van der Waals surface area (Å²) in [6.07, 6.45) is 1.53. The van der Waals surface area contributed by atoms with E-state index in [4.69, 9.17) is 11.6 Å². The number of hydrogen-bond acceptors (Lipinski definition) is 5. The van der Waals surface area contributed by atoms with E-state index < -0.39 is 5.60 Å². The third-order valence-electron chi connectivity index (χ3n) is 1.77. The molecule has 1 aromatic heterocycles. The molecule has 0 aliphatic rings. The first-order valence-corrected chi connectivity index (χ1v) is 5.53. The van der Waals surface area contributed by atoms with Crippen LogP contribution in [0, 0.1) is 0 Å².